The molecule has 0 spiro atoms. The Hall–Kier alpha value is -3.18. The second-order valence-electron chi connectivity index (χ2n) is 7.61. The number of benzene rings is 2. The zero-order chi connectivity index (χ0) is 24.7. The van der Waals surface area contributed by atoms with Crippen molar-refractivity contribution < 1.29 is 37.9 Å². The molecule has 0 radical (unpaired) electrons. The van der Waals surface area contributed by atoms with Crippen molar-refractivity contribution in [3.8, 4) is 23.3 Å². The van der Waals surface area contributed by atoms with Crippen LogP contribution < -0.4 is 18.9 Å². The molecule has 0 amide bonds. The van der Waals surface area contributed by atoms with E-state index in [1.54, 1.807) is 0 Å². The minimum Gasteiger partial charge on any atom is -0.487 e. The maximum atomic E-state index is 5.81. The Morgan fingerprint density at radius 2 is 0.722 bits per heavy atom. The van der Waals surface area contributed by atoms with Crippen LogP contribution in [0.3, 0.4) is 0 Å². The Morgan fingerprint density at radius 1 is 0.389 bits per heavy atom. The Kier molecular flexibility index (Phi) is 10.8. The second-order valence-corrected chi connectivity index (χ2v) is 7.61. The highest BCUT2D eigenvalue weighted by Crippen LogP contribution is 2.27. The Labute approximate surface area is 210 Å². The van der Waals surface area contributed by atoms with Gasteiger partial charge in [-0.05, 0) is 24.3 Å². The van der Waals surface area contributed by atoms with Gasteiger partial charge in [0, 0.05) is 0 Å². The van der Waals surface area contributed by atoms with Gasteiger partial charge < -0.3 is 37.9 Å². The summed E-state index contributed by atoms with van der Waals surface area (Å²) in [7, 11) is 0. The molecule has 0 N–H and O–H groups in total. The van der Waals surface area contributed by atoms with Crippen LogP contribution in [0, 0.1) is 0 Å². The predicted octanol–water partition coefficient (Wildman–Crippen LogP) is 2.93. The van der Waals surface area contributed by atoms with E-state index in [9.17, 15) is 0 Å². The van der Waals surface area contributed by atoms with Gasteiger partial charge in [0.05, 0.1) is 63.9 Å². The molecule has 0 bridgehead atoms. The highest BCUT2D eigenvalue weighted by molar-refractivity contribution is 5.75. The minimum atomic E-state index is 0.303. The Morgan fingerprint density at radius 3 is 1.14 bits per heavy atom. The van der Waals surface area contributed by atoms with Crippen molar-refractivity contribution in [3.63, 3.8) is 0 Å². The number of nitrogens with zero attached hydrogens (tertiary/aromatic N) is 2. The van der Waals surface area contributed by atoms with Crippen LogP contribution in [0.2, 0.25) is 0 Å². The molecule has 0 saturated heterocycles. The predicted molar refractivity (Wildman–Crippen MR) is 131 cm³/mol. The van der Waals surface area contributed by atoms with Crippen LogP contribution in [-0.2, 0) is 18.9 Å². The molecule has 2 heterocycles. The average molecular weight is 501 g/mol. The van der Waals surface area contributed by atoms with Crippen LogP contribution in [-0.4, -0.2) is 89.3 Å². The summed E-state index contributed by atoms with van der Waals surface area (Å²) < 4.78 is 45.6. The van der Waals surface area contributed by atoms with Gasteiger partial charge in [-0.2, -0.15) is 0 Å². The van der Waals surface area contributed by atoms with Gasteiger partial charge in [0.25, 0.3) is 11.8 Å². The summed E-state index contributed by atoms with van der Waals surface area (Å²) in [5.41, 5.74) is 1.45. The maximum Gasteiger partial charge on any atom is 0.278 e. The number of rotatable bonds is 0. The summed E-state index contributed by atoms with van der Waals surface area (Å²) >= 11 is 0. The standard InChI is InChI=1S/C26H32N2O8/c1-2-6-22-21(5-1)27-25-26(28-22)36-20-16-32-12-10-30-14-18-34-24-8-4-3-7-23(24)33-17-13-29-9-11-31-15-19-35-25/h1-8H,9-20H2. The van der Waals surface area contributed by atoms with E-state index in [2.05, 4.69) is 9.97 Å². The summed E-state index contributed by atoms with van der Waals surface area (Å²) in [4.78, 5) is 9.09. The molecular weight excluding hydrogens is 468 g/mol. The zero-order valence-electron chi connectivity index (χ0n) is 20.3. The van der Waals surface area contributed by atoms with Gasteiger partial charge in [-0.1, -0.05) is 24.3 Å². The molecule has 10 heteroatoms. The fraction of sp³-hybridized carbons (Fsp3) is 0.462. The molecule has 0 unspecified atom stereocenters. The van der Waals surface area contributed by atoms with E-state index >= 15 is 0 Å². The van der Waals surface area contributed by atoms with Gasteiger partial charge in [0.15, 0.2) is 11.5 Å². The number of para-hydroxylation sites is 4. The molecule has 0 saturated carbocycles. The monoisotopic (exact) mass is 500 g/mol. The van der Waals surface area contributed by atoms with Gasteiger partial charge in [-0.3, -0.25) is 0 Å². The molecule has 0 aliphatic carbocycles. The Balaban J connectivity index is 1.30. The van der Waals surface area contributed by atoms with Crippen molar-refractivity contribution in [1.29, 1.82) is 0 Å². The highest BCUT2D eigenvalue weighted by atomic mass is 16.6. The fourth-order valence-corrected chi connectivity index (χ4v) is 3.30. The fourth-order valence-electron chi connectivity index (χ4n) is 3.30. The third kappa shape index (κ3) is 8.49. The number of hydrogen-bond donors (Lipinski definition) is 0. The molecule has 10 nitrogen and oxygen atoms in total. The second kappa shape index (κ2) is 15.0. The summed E-state index contributed by atoms with van der Waals surface area (Å²) in [6, 6.07) is 15.1. The van der Waals surface area contributed by atoms with E-state index < -0.39 is 0 Å². The molecule has 1 aliphatic rings. The summed E-state index contributed by atoms with van der Waals surface area (Å²) in [5, 5.41) is 0. The normalized spacial score (nSPS) is 17.7. The highest BCUT2D eigenvalue weighted by Gasteiger charge is 2.12. The average Bonchev–Trinajstić information content (AvgIpc) is 2.91. The van der Waals surface area contributed by atoms with E-state index in [1.165, 1.54) is 0 Å². The molecule has 0 atom stereocenters. The Bertz CT molecular complexity index is 970. The van der Waals surface area contributed by atoms with Gasteiger partial charge in [0.2, 0.25) is 0 Å². The van der Waals surface area contributed by atoms with Crippen molar-refractivity contribution in [2.24, 2.45) is 0 Å². The van der Waals surface area contributed by atoms with E-state index in [0.29, 0.717) is 103 Å². The first-order valence-electron chi connectivity index (χ1n) is 12.1. The van der Waals surface area contributed by atoms with Crippen molar-refractivity contribution >= 4 is 11.0 Å². The smallest absolute Gasteiger partial charge is 0.278 e. The number of aromatic nitrogens is 2. The largest absolute Gasteiger partial charge is 0.487 e. The van der Waals surface area contributed by atoms with Crippen molar-refractivity contribution in [2.75, 3.05) is 79.3 Å². The SMILES string of the molecule is c1ccc2c(c1)OCCOCCOCCOc1nc3ccccc3nc1OCCOCCOCCO2. The minimum absolute atomic E-state index is 0.303. The molecular formula is C26H32N2O8. The number of fused-ring (bicyclic) bond motifs is 3. The number of hydrogen-bond acceptors (Lipinski definition) is 10. The van der Waals surface area contributed by atoms with Gasteiger partial charge in [-0.15, -0.1) is 0 Å². The van der Waals surface area contributed by atoms with Crippen LogP contribution in [0.4, 0.5) is 0 Å². The van der Waals surface area contributed by atoms with E-state index in [0.717, 1.165) is 11.0 Å². The lowest BCUT2D eigenvalue weighted by Gasteiger charge is -2.14. The molecule has 4 rings (SSSR count). The first kappa shape index (κ1) is 25.9. The molecule has 3 aromatic rings. The molecule has 2 aromatic carbocycles. The summed E-state index contributed by atoms with van der Waals surface area (Å²) in [6.07, 6.45) is 0. The summed E-state index contributed by atoms with van der Waals surface area (Å²) in [5.74, 6) is 1.99. The lowest BCUT2D eigenvalue weighted by atomic mass is 10.3. The maximum absolute atomic E-state index is 5.81. The van der Waals surface area contributed by atoms with Crippen LogP contribution in [0.15, 0.2) is 48.5 Å². The molecule has 194 valence electrons. The van der Waals surface area contributed by atoms with E-state index in [1.807, 2.05) is 48.5 Å². The van der Waals surface area contributed by atoms with Crippen molar-refractivity contribution in [3.05, 3.63) is 48.5 Å². The van der Waals surface area contributed by atoms with Crippen LogP contribution in [0.5, 0.6) is 23.3 Å². The number of ether oxygens (including phenoxy) is 8. The van der Waals surface area contributed by atoms with E-state index in [4.69, 9.17) is 37.9 Å². The van der Waals surface area contributed by atoms with Gasteiger partial charge in [-0.25, -0.2) is 9.97 Å². The van der Waals surface area contributed by atoms with Crippen molar-refractivity contribution in [2.45, 2.75) is 0 Å². The first-order chi connectivity index (χ1) is 17.9. The topological polar surface area (TPSA) is 99.6 Å². The quantitative estimate of drug-likeness (QED) is 0.458. The third-order valence-electron chi connectivity index (χ3n) is 5.01. The first-order valence-corrected chi connectivity index (χ1v) is 12.1. The zero-order valence-corrected chi connectivity index (χ0v) is 20.3. The van der Waals surface area contributed by atoms with Crippen molar-refractivity contribution in [1.82, 2.24) is 9.97 Å². The lowest BCUT2D eigenvalue weighted by Crippen LogP contribution is -2.16. The van der Waals surface area contributed by atoms with Crippen LogP contribution >= 0.6 is 0 Å². The van der Waals surface area contributed by atoms with Crippen LogP contribution in [0.1, 0.15) is 0 Å². The van der Waals surface area contributed by atoms with E-state index in [-0.39, 0.29) is 0 Å². The summed E-state index contributed by atoms with van der Waals surface area (Å²) in [6.45, 7) is 4.81. The van der Waals surface area contributed by atoms with Crippen LogP contribution in [0.25, 0.3) is 11.0 Å². The molecule has 0 fully saturated rings. The molecule has 1 aromatic heterocycles. The third-order valence-corrected chi connectivity index (χ3v) is 5.01. The van der Waals surface area contributed by atoms with Gasteiger partial charge >= 0.3 is 0 Å². The lowest BCUT2D eigenvalue weighted by molar-refractivity contribution is 0.0216. The molecule has 1 aliphatic heterocycles. The molecule has 36 heavy (non-hydrogen) atoms. The van der Waals surface area contributed by atoms with Gasteiger partial charge in [0.1, 0.15) is 26.4 Å².